The van der Waals surface area contributed by atoms with Gasteiger partial charge in [0.05, 0.1) is 6.26 Å². The molecule has 2 N–H and O–H groups in total. The Morgan fingerprint density at radius 1 is 1.28 bits per heavy atom. The third kappa shape index (κ3) is 13.9. The molecule has 0 bridgehead atoms. The van der Waals surface area contributed by atoms with Crippen LogP contribution in [0, 0.1) is 0 Å². The smallest absolute Gasteiger partial charge is 0.331 e. The Labute approximate surface area is 106 Å². The van der Waals surface area contributed by atoms with E-state index in [1.807, 2.05) is 6.92 Å². The van der Waals surface area contributed by atoms with Crippen LogP contribution in [0.5, 0.6) is 0 Å². The SMILES string of the molecule is C=COC(C)=O.CCCC/C(=C/C(=O)O)C(=O)O. The first-order chi connectivity index (χ1) is 8.34. The Hall–Kier alpha value is -2.11. The van der Waals surface area contributed by atoms with Crippen LogP contribution < -0.4 is 0 Å². The lowest BCUT2D eigenvalue weighted by Crippen LogP contribution is -2.03. The lowest BCUT2D eigenvalue weighted by atomic mass is 10.1. The molecule has 0 amide bonds. The molecule has 0 aromatic carbocycles. The number of hydrogen-bond donors (Lipinski definition) is 2. The molecule has 0 aliphatic carbocycles. The van der Waals surface area contributed by atoms with Crippen molar-refractivity contribution in [3.05, 3.63) is 24.5 Å². The van der Waals surface area contributed by atoms with E-state index in [0.29, 0.717) is 12.8 Å². The van der Waals surface area contributed by atoms with Crippen LogP contribution in [-0.2, 0) is 19.1 Å². The number of carbonyl (C=O) groups excluding carboxylic acids is 1. The highest BCUT2D eigenvalue weighted by Crippen LogP contribution is 2.06. The second kappa shape index (κ2) is 11.4. The maximum Gasteiger partial charge on any atom is 0.331 e. The van der Waals surface area contributed by atoms with Gasteiger partial charge in [-0.05, 0) is 12.8 Å². The quantitative estimate of drug-likeness (QED) is 0.429. The van der Waals surface area contributed by atoms with Gasteiger partial charge < -0.3 is 14.9 Å². The van der Waals surface area contributed by atoms with Crippen LogP contribution in [0.3, 0.4) is 0 Å². The predicted molar refractivity (Wildman–Crippen MR) is 64.8 cm³/mol. The number of carboxylic acids is 2. The predicted octanol–water partition coefficient (Wildman–Crippen LogP) is 1.97. The van der Waals surface area contributed by atoms with Crippen molar-refractivity contribution in [2.45, 2.75) is 33.1 Å². The average Bonchev–Trinajstić information content (AvgIpc) is 2.24. The second-order valence-electron chi connectivity index (χ2n) is 3.19. The lowest BCUT2D eigenvalue weighted by Gasteiger charge is -1.97. The molecule has 6 nitrogen and oxygen atoms in total. The minimum Gasteiger partial charge on any atom is -0.478 e. The van der Waals surface area contributed by atoms with E-state index in [1.54, 1.807) is 0 Å². The molecule has 0 aliphatic heterocycles. The largest absolute Gasteiger partial charge is 0.478 e. The van der Waals surface area contributed by atoms with Crippen LogP contribution in [0.4, 0.5) is 0 Å². The minimum absolute atomic E-state index is 0.0376. The molecule has 6 heteroatoms. The summed E-state index contributed by atoms with van der Waals surface area (Å²) in [4.78, 5) is 30.3. The number of hydrogen-bond acceptors (Lipinski definition) is 4. The van der Waals surface area contributed by atoms with Gasteiger partial charge in [-0.2, -0.15) is 0 Å². The molecule has 0 radical (unpaired) electrons. The molecular formula is C12H18O6. The zero-order valence-corrected chi connectivity index (χ0v) is 10.5. The summed E-state index contributed by atoms with van der Waals surface area (Å²) in [6.07, 6.45) is 3.72. The highest BCUT2D eigenvalue weighted by molar-refractivity contribution is 5.94. The van der Waals surface area contributed by atoms with Crippen molar-refractivity contribution in [1.29, 1.82) is 0 Å². The van der Waals surface area contributed by atoms with Crippen molar-refractivity contribution in [2.24, 2.45) is 0 Å². The van der Waals surface area contributed by atoms with Gasteiger partial charge in [0, 0.05) is 18.6 Å². The van der Waals surface area contributed by atoms with E-state index in [4.69, 9.17) is 10.2 Å². The zero-order chi connectivity index (χ0) is 14.6. The maximum atomic E-state index is 10.4. The summed E-state index contributed by atoms with van der Waals surface area (Å²) in [6, 6.07) is 0. The fourth-order valence-corrected chi connectivity index (χ4v) is 0.874. The van der Waals surface area contributed by atoms with Gasteiger partial charge >= 0.3 is 17.9 Å². The van der Waals surface area contributed by atoms with Gasteiger partial charge in [-0.15, -0.1) is 0 Å². The number of unbranched alkanes of at least 4 members (excludes halogenated alkanes) is 1. The van der Waals surface area contributed by atoms with Crippen molar-refractivity contribution in [3.8, 4) is 0 Å². The van der Waals surface area contributed by atoms with Gasteiger partial charge in [-0.1, -0.05) is 19.9 Å². The van der Waals surface area contributed by atoms with Gasteiger partial charge in [0.15, 0.2) is 0 Å². The van der Waals surface area contributed by atoms with E-state index in [9.17, 15) is 14.4 Å². The first-order valence-corrected chi connectivity index (χ1v) is 5.30. The minimum atomic E-state index is -1.21. The number of ether oxygens (including phenoxy) is 1. The molecule has 18 heavy (non-hydrogen) atoms. The molecule has 102 valence electrons. The van der Waals surface area contributed by atoms with Crippen LogP contribution in [-0.4, -0.2) is 28.1 Å². The fourth-order valence-electron chi connectivity index (χ4n) is 0.874. The molecule has 0 spiro atoms. The van der Waals surface area contributed by atoms with E-state index in [0.717, 1.165) is 18.8 Å². The van der Waals surface area contributed by atoms with E-state index >= 15 is 0 Å². The summed E-state index contributed by atoms with van der Waals surface area (Å²) in [6.45, 7) is 6.40. The summed E-state index contributed by atoms with van der Waals surface area (Å²) >= 11 is 0. The average molecular weight is 258 g/mol. The Morgan fingerprint density at radius 2 is 1.83 bits per heavy atom. The highest BCUT2D eigenvalue weighted by atomic mass is 16.5. The summed E-state index contributed by atoms with van der Waals surface area (Å²) in [5, 5.41) is 16.8. The third-order valence-corrected chi connectivity index (χ3v) is 1.62. The first kappa shape index (κ1) is 18.3. The van der Waals surface area contributed by atoms with Crippen molar-refractivity contribution in [2.75, 3.05) is 0 Å². The van der Waals surface area contributed by atoms with Crippen molar-refractivity contribution in [3.63, 3.8) is 0 Å². The number of aliphatic carboxylic acids is 2. The molecule has 0 saturated heterocycles. The van der Waals surface area contributed by atoms with Gasteiger partial charge in [0.25, 0.3) is 0 Å². The number of carboxylic acid groups (broad SMARTS) is 2. The Bertz CT molecular complexity index is 329. The standard InChI is InChI=1S/C8H12O4.C4H6O2/c1-2-3-4-6(8(11)12)5-7(9)10;1-3-6-4(2)5/h5H,2-4H2,1H3,(H,9,10)(H,11,12);3H,1H2,2H3/b6-5-;. The van der Waals surface area contributed by atoms with E-state index in [2.05, 4.69) is 11.3 Å². The van der Waals surface area contributed by atoms with E-state index in [1.165, 1.54) is 6.92 Å². The van der Waals surface area contributed by atoms with Gasteiger partial charge in [-0.3, -0.25) is 4.79 Å². The van der Waals surface area contributed by atoms with E-state index < -0.39 is 11.9 Å². The molecule has 0 heterocycles. The van der Waals surface area contributed by atoms with Crippen LogP contribution >= 0.6 is 0 Å². The van der Waals surface area contributed by atoms with Crippen molar-refractivity contribution >= 4 is 17.9 Å². The molecule has 0 aromatic rings. The Morgan fingerprint density at radius 3 is 2.06 bits per heavy atom. The first-order valence-electron chi connectivity index (χ1n) is 5.30. The zero-order valence-electron chi connectivity index (χ0n) is 10.5. The molecule has 0 rings (SSSR count). The number of rotatable bonds is 6. The lowest BCUT2D eigenvalue weighted by molar-refractivity contribution is -0.135. The second-order valence-corrected chi connectivity index (χ2v) is 3.19. The highest BCUT2D eigenvalue weighted by Gasteiger charge is 2.07. The maximum absolute atomic E-state index is 10.4. The molecule has 0 saturated carbocycles. The van der Waals surface area contributed by atoms with Crippen LogP contribution in [0.2, 0.25) is 0 Å². The van der Waals surface area contributed by atoms with Gasteiger partial charge in [0.2, 0.25) is 0 Å². The molecular weight excluding hydrogens is 240 g/mol. The normalized spacial score (nSPS) is 9.78. The summed E-state index contributed by atoms with van der Waals surface area (Å²) in [7, 11) is 0. The number of esters is 1. The molecule has 0 fully saturated rings. The summed E-state index contributed by atoms with van der Waals surface area (Å²) in [5.74, 6) is -2.68. The number of carbonyl (C=O) groups is 3. The molecule has 0 aliphatic rings. The molecule has 0 aromatic heterocycles. The molecule has 0 atom stereocenters. The molecule has 0 unspecified atom stereocenters. The van der Waals surface area contributed by atoms with Crippen LogP contribution in [0.1, 0.15) is 33.1 Å². The fraction of sp³-hybridized carbons (Fsp3) is 0.417. The van der Waals surface area contributed by atoms with Crippen LogP contribution in [0.25, 0.3) is 0 Å². The Balaban J connectivity index is 0. The monoisotopic (exact) mass is 258 g/mol. The summed E-state index contributed by atoms with van der Waals surface area (Å²) in [5.41, 5.74) is -0.0376. The van der Waals surface area contributed by atoms with Gasteiger partial charge in [0.1, 0.15) is 0 Å². The third-order valence-electron chi connectivity index (χ3n) is 1.62. The van der Waals surface area contributed by atoms with Crippen molar-refractivity contribution in [1.82, 2.24) is 0 Å². The van der Waals surface area contributed by atoms with Crippen LogP contribution in [0.15, 0.2) is 24.5 Å². The van der Waals surface area contributed by atoms with Gasteiger partial charge in [-0.25, -0.2) is 9.59 Å². The van der Waals surface area contributed by atoms with Crippen molar-refractivity contribution < 1.29 is 29.3 Å². The Kier molecular flexibility index (Phi) is 11.5. The van der Waals surface area contributed by atoms with E-state index in [-0.39, 0.29) is 11.5 Å². The summed E-state index contributed by atoms with van der Waals surface area (Å²) < 4.78 is 4.17. The topological polar surface area (TPSA) is 101 Å².